The molecule has 1 heterocycles. The number of halogens is 1. The molecule has 2 aromatic rings. The van der Waals surface area contributed by atoms with Gasteiger partial charge < -0.3 is 9.88 Å². The van der Waals surface area contributed by atoms with E-state index in [-0.39, 0.29) is 11.3 Å². The maximum atomic E-state index is 11.9. The number of benzene rings is 1. The van der Waals surface area contributed by atoms with E-state index in [9.17, 15) is 4.79 Å². The van der Waals surface area contributed by atoms with Crippen LogP contribution >= 0.6 is 11.6 Å². The van der Waals surface area contributed by atoms with E-state index in [1.54, 1.807) is 0 Å². The maximum absolute atomic E-state index is 11.9. The lowest BCUT2D eigenvalue weighted by molar-refractivity contribution is -0.121. The second kappa shape index (κ2) is 5.68. The average Bonchev–Trinajstić information content (AvgIpc) is 3.15. The number of nitrogens with zero attached hydrogens (tertiary/aromatic N) is 2. The van der Waals surface area contributed by atoms with Crippen LogP contribution in [0.3, 0.4) is 0 Å². The van der Waals surface area contributed by atoms with E-state index in [0.29, 0.717) is 19.0 Å². The normalized spacial score (nSPS) is 16.1. The number of nitrogens with one attached hydrogen (secondary N) is 1. The molecule has 1 amide bonds. The van der Waals surface area contributed by atoms with Crippen molar-refractivity contribution in [2.45, 2.75) is 51.1 Å². The SMILES string of the molecule is Cc1cccc2nc(C(C)Cl)n(CCC(=O)NC3CC3)c12. The van der Waals surface area contributed by atoms with Crippen LogP contribution in [0.15, 0.2) is 18.2 Å². The summed E-state index contributed by atoms with van der Waals surface area (Å²) in [6.45, 7) is 4.60. The zero-order valence-corrected chi connectivity index (χ0v) is 13.2. The summed E-state index contributed by atoms with van der Waals surface area (Å²) in [6.07, 6.45) is 2.69. The average molecular weight is 306 g/mol. The summed E-state index contributed by atoms with van der Waals surface area (Å²) in [5.41, 5.74) is 3.19. The van der Waals surface area contributed by atoms with E-state index in [4.69, 9.17) is 11.6 Å². The summed E-state index contributed by atoms with van der Waals surface area (Å²) in [5.74, 6) is 0.946. The minimum atomic E-state index is -0.178. The summed E-state index contributed by atoms with van der Waals surface area (Å²) in [5, 5.41) is 2.84. The molecule has 1 aromatic carbocycles. The number of hydrogen-bond acceptors (Lipinski definition) is 2. The smallest absolute Gasteiger partial charge is 0.222 e. The molecule has 4 nitrogen and oxygen atoms in total. The van der Waals surface area contributed by atoms with Gasteiger partial charge in [-0.05, 0) is 38.3 Å². The second-order valence-electron chi connectivity index (χ2n) is 5.77. The van der Waals surface area contributed by atoms with E-state index in [2.05, 4.69) is 27.9 Å². The van der Waals surface area contributed by atoms with Crippen molar-refractivity contribution in [3.05, 3.63) is 29.6 Å². The molecular weight excluding hydrogens is 286 g/mol. The molecule has 1 fully saturated rings. The van der Waals surface area contributed by atoms with Crippen molar-refractivity contribution >= 4 is 28.5 Å². The van der Waals surface area contributed by atoms with E-state index in [0.717, 1.165) is 35.3 Å². The van der Waals surface area contributed by atoms with Gasteiger partial charge in [0.05, 0.1) is 16.4 Å². The first-order valence-corrected chi connectivity index (χ1v) is 7.89. The summed E-state index contributed by atoms with van der Waals surface area (Å²) in [6, 6.07) is 6.46. The Kier molecular flexibility index (Phi) is 3.89. The molecule has 0 radical (unpaired) electrons. The molecule has 0 saturated heterocycles. The molecule has 0 bridgehead atoms. The molecule has 5 heteroatoms. The third-order valence-corrected chi connectivity index (χ3v) is 4.05. The van der Waals surface area contributed by atoms with Gasteiger partial charge in [0.25, 0.3) is 0 Å². The Morgan fingerprint density at radius 1 is 1.52 bits per heavy atom. The van der Waals surface area contributed by atoms with Gasteiger partial charge in [0.15, 0.2) is 0 Å². The van der Waals surface area contributed by atoms with Crippen LogP contribution in [0.1, 0.15) is 43.0 Å². The van der Waals surface area contributed by atoms with Crippen molar-refractivity contribution in [2.75, 3.05) is 0 Å². The molecule has 1 saturated carbocycles. The van der Waals surface area contributed by atoms with Crippen LogP contribution < -0.4 is 5.32 Å². The molecule has 1 N–H and O–H groups in total. The van der Waals surface area contributed by atoms with Gasteiger partial charge >= 0.3 is 0 Å². The van der Waals surface area contributed by atoms with Crippen LogP contribution in [-0.4, -0.2) is 21.5 Å². The first-order chi connectivity index (χ1) is 10.1. The first kappa shape index (κ1) is 14.4. The van der Waals surface area contributed by atoms with Crippen LogP contribution in [0.25, 0.3) is 11.0 Å². The maximum Gasteiger partial charge on any atom is 0.222 e. The molecular formula is C16H20ClN3O. The van der Waals surface area contributed by atoms with E-state index >= 15 is 0 Å². The number of para-hydroxylation sites is 1. The Bertz CT molecular complexity index is 673. The summed E-state index contributed by atoms with van der Waals surface area (Å²) in [4.78, 5) is 16.5. The molecule has 0 spiro atoms. The predicted molar refractivity (Wildman–Crippen MR) is 84.5 cm³/mol. The number of alkyl halides is 1. The van der Waals surface area contributed by atoms with E-state index < -0.39 is 0 Å². The Labute approximate surface area is 129 Å². The lowest BCUT2D eigenvalue weighted by atomic mass is 10.2. The van der Waals surface area contributed by atoms with Crippen LogP contribution in [0.5, 0.6) is 0 Å². The molecule has 21 heavy (non-hydrogen) atoms. The van der Waals surface area contributed by atoms with E-state index in [1.165, 1.54) is 0 Å². The van der Waals surface area contributed by atoms with E-state index in [1.807, 2.05) is 19.1 Å². The molecule has 1 atom stereocenters. The van der Waals surface area contributed by atoms with Crippen molar-refractivity contribution in [3.8, 4) is 0 Å². The highest BCUT2D eigenvalue weighted by molar-refractivity contribution is 6.20. The van der Waals surface area contributed by atoms with Crippen molar-refractivity contribution in [1.82, 2.24) is 14.9 Å². The fraction of sp³-hybridized carbons (Fsp3) is 0.500. The number of carbonyl (C=O) groups excluding carboxylic acids is 1. The standard InChI is InChI=1S/C16H20ClN3O/c1-10-4-3-5-13-15(10)20(16(19-13)11(2)17)9-8-14(21)18-12-6-7-12/h3-5,11-12H,6-9H2,1-2H3,(H,18,21). The van der Waals surface area contributed by atoms with Crippen molar-refractivity contribution in [2.24, 2.45) is 0 Å². The van der Waals surface area contributed by atoms with Crippen molar-refractivity contribution in [1.29, 1.82) is 0 Å². The first-order valence-electron chi connectivity index (χ1n) is 7.45. The van der Waals surface area contributed by atoms with Crippen molar-refractivity contribution in [3.63, 3.8) is 0 Å². The third-order valence-electron chi connectivity index (χ3n) is 3.86. The van der Waals surface area contributed by atoms with Crippen LogP contribution in [-0.2, 0) is 11.3 Å². The van der Waals surface area contributed by atoms with Crippen LogP contribution in [0.4, 0.5) is 0 Å². The number of aryl methyl sites for hydroxylation is 2. The minimum absolute atomic E-state index is 0.112. The number of hydrogen-bond donors (Lipinski definition) is 1. The van der Waals surface area contributed by atoms with Gasteiger partial charge in [-0.3, -0.25) is 4.79 Å². The highest BCUT2D eigenvalue weighted by atomic mass is 35.5. The van der Waals surface area contributed by atoms with Gasteiger partial charge in [-0.25, -0.2) is 4.98 Å². The monoisotopic (exact) mass is 305 g/mol. The Balaban J connectivity index is 1.87. The summed E-state index contributed by atoms with van der Waals surface area (Å²) >= 11 is 6.26. The number of rotatable bonds is 5. The van der Waals surface area contributed by atoms with Gasteiger partial charge in [-0.1, -0.05) is 12.1 Å². The van der Waals surface area contributed by atoms with Crippen LogP contribution in [0.2, 0.25) is 0 Å². The van der Waals surface area contributed by atoms with Gasteiger partial charge in [0.2, 0.25) is 5.91 Å². The van der Waals surface area contributed by atoms with Gasteiger partial charge in [0.1, 0.15) is 5.82 Å². The number of aromatic nitrogens is 2. The number of imidazole rings is 1. The number of fused-ring (bicyclic) bond motifs is 1. The Morgan fingerprint density at radius 3 is 2.95 bits per heavy atom. The van der Waals surface area contributed by atoms with Crippen LogP contribution in [0, 0.1) is 6.92 Å². The summed E-state index contributed by atoms with van der Waals surface area (Å²) in [7, 11) is 0. The molecule has 0 aliphatic heterocycles. The Morgan fingerprint density at radius 2 is 2.29 bits per heavy atom. The molecule has 3 rings (SSSR count). The molecule has 112 valence electrons. The number of amides is 1. The molecule has 1 aliphatic carbocycles. The quantitative estimate of drug-likeness (QED) is 0.861. The topological polar surface area (TPSA) is 46.9 Å². The largest absolute Gasteiger partial charge is 0.353 e. The predicted octanol–water partition coefficient (Wildman–Crippen LogP) is 3.31. The Hall–Kier alpha value is -1.55. The minimum Gasteiger partial charge on any atom is -0.353 e. The lowest BCUT2D eigenvalue weighted by Crippen LogP contribution is -2.26. The molecule has 1 aliphatic rings. The second-order valence-corrected chi connectivity index (χ2v) is 6.43. The fourth-order valence-corrected chi connectivity index (χ4v) is 2.82. The summed E-state index contributed by atoms with van der Waals surface area (Å²) < 4.78 is 2.09. The number of carbonyl (C=O) groups is 1. The van der Waals surface area contributed by atoms with Gasteiger partial charge in [-0.2, -0.15) is 0 Å². The zero-order chi connectivity index (χ0) is 15.0. The third kappa shape index (κ3) is 3.05. The van der Waals surface area contributed by atoms with Gasteiger partial charge in [-0.15, -0.1) is 11.6 Å². The fourth-order valence-electron chi connectivity index (χ4n) is 2.65. The molecule has 1 aromatic heterocycles. The lowest BCUT2D eigenvalue weighted by Gasteiger charge is -2.11. The zero-order valence-electron chi connectivity index (χ0n) is 12.4. The molecule has 1 unspecified atom stereocenters. The van der Waals surface area contributed by atoms with Gasteiger partial charge in [0, 0.05) is 19.0 Å². The highest BCUT2D eigenvalue weighted by Crippen LogP contribution is 2.27. The highest BCUT2D eigenvalue weighted by Gasteiger charge is 2.23. The van der Waals surface area contributed by atoms with Crippen molar-refractivity contribution < 1.29 is 4.79 Å².